The number of benzene rings is 1. The van der Waals surface area contributed by atoms with Gasteiger partial charge in [-0.15, -0.1) is 11.3 Å². The standard InChI is InChI=1S/C21H19NO5S/c1-3-27-21(25)14-10-13-12(9-17(14)26-2)6-7-22-16(20(23)24)11-15(19(13)22)18-5-4-8-28-18/h4-5,8-11H,3,6-7H2,1-2H3,(H,23,24). The van der Waals surface area contributed by atoms with Crippen LogP contribution in [0.4, 0.5) is 0 Å². The summed E-state index contributed by atoms with van der Waals surface area (Å²) < 4.78 is 12.4. The zero-order valence-corrected chi connectivity index (χ0v) is 16.3. The van der Waals surface area contributed by atoms with Crippen molar-refractivity contribution in [3.63, 3.8) is 0 Å². The number of fused-ring (bicyclic) bond motifs is 3. The van der Waals surface area contributed by atoms with Gasteiger partial charge in [-0.1, -0.05) is 6.07 Å². The van der Waals surface area contributed by atoms with Crippen LogP contribution in [0, 0.1) is 0 Å². The minimum absolute atomic E-state index is 0.248. The van der Waals surface area contributed by atoms with E-state index in [4.69, 9.17) is 9.47 Å². The highest BCUT2D eigenvalue weighted by Gasteiger charge is 2.29. The highest BCUT2D eigenvalue weighted by atomic mass is 32.1. The Bertz CT molecular complexity index is 1070. The van der Waals surface area contributed by atoms with Gasteiger partial charge in [0, 0.05) is 22.5 Å². The number of ether oxygens (including phenoxy) is 2. The highest BCUT2D eigenvalue weighted by molar-refractivity contribution is 7.13. The molecule has 0 atom stereocenters. The predicted octanol–water partition coefficient (Wildman–Crippen LogP) is 4.32. The van der Waals surface area contributed by atoms with Crippen LogP contribution in [0.25, 0.3) is 21.7 Å². The number of nitrogens with zero attached hydrogens (tertiary/aromatic N) is 1. The summed E-state index contributed by atoms with van der Waals surface area (Å²) in [6, 6.07) is 9.24. The molecule has 0 aliphatic carbocycles. The fourth-order valence-electron chi connectivity index (χ4n) is 3.69. The molecule has 1 N–H and O–H groups in total. The Balaban J connectivity index is 1.98. The molecule has 4 rings (SSSR count). The normalized spacial score (nSPS) is 12.2. The molecule has 3 aromatic rings. The number of carboxylic acids is 1. The van der Waals surface area contributed by atoms with Gasteiger partial charge in [-0.3, -0.25) is 0 Å². The average molecular weight is 397 g/mol. The molecule has 0 spiro atoms. The molecule has 1 aliphatic rings. The van der Waals surface area contributed by atoms with Crippen molar-refractivity contribution in [1.82, 2.24) is 4.57 Å². The van der Waals surface area contributed by atoms with Crippen LogP contribution in [-0.2, 0) is 17.7 Å². The van der Waals surface area contributed by atoms with Gasteiger partial charge in [0.15, 0.2) is 0 Å². The van der Waals surface area contributed by atoms with Crippen LogP contribution in [0.2, 0.25) is 0 Å². The molecule has 0 amide bonds. The molecular formula is C21H19NO5S. The molecule has 144 valence electrons. The summed E-state index contributed by atoms with van der Waals surface area (Å²) in [6.07, 6.45) is 0.653. The van der Waals surface area contributed by atoms with Crippen LogP contribution >= 0.6 is 11.3 Å². The Morgan fingerprint density at radius 1 is 1.25 bits per heavy atom. The van der Waals surface area contributed by atoms with Crippen molar-refractivity contribution >= 4 is 23.3 Å². The third-order valence-electron chi connectivity index (χ3n) is 4.88. The molecule has 28 heavy (non-hydrogen) atoms. The van der Waals surface area contributed by atoms with Gasteiger partial charge in [0.2, 0.25) is 0 Å². The molecule has 0 radical (unpaired) electrons. The van der Waals surface area contributed by atoms with E-state index < -0.39 is 11.9 Å². The second kappa shape index (κ2) is 7.16. The van der Waals surface area contributed by atoms with E-state index in [1.807, 2.05) is 28.1 Å². The van der Waals surface area contributed by atoms with Gasteiger partial charge in [0.05, 0.1) is 19.4 Å². The molecule has 2 aromatic heterocycles. The van der Waals surface area contributed by atoms with E-state index >= 15 is 0 Å². The monoisotopic (exact) mass is 397 g/mol. The fourth-order valence-corrected chi connectivity index (χ4v) is 4.43. The van der Waals surface area contributed by atoms with Crippen molar-refractivity contribution in [2.75, 3.05) is 13.7 Å². The fraction of sp³-hybridized carbons (Fsp3) is 0.238. The third-order valence-corrected chi connectivity index (χ3v) is 5.79. The lowest BCUT2D eigenvalue weighted by Crippen LogP contribution is -2.17. The van der Waals surface area contributed by atoms with E-state index in [0.29, 0.717) is 24.3 Å². The number of carbonyl (C=O) groups excluding carboxylic acids is 1. The first-order chi connectivity index (χ1) is 13.5. The molecule has 0 saturated heterocycles. The number of carboxylic acid groups (broad SMARTS) is 1. The van der Waals surface area contributed by atoms with Gasteiger partial charge in [0.1, 0.15) is 17.0 Å². The van der Waals surface area contributed by atoms with E-state index in [1.165, 1.54) is 7.11 Å². The molecule has 1 aromatic carbocycles. The minimum Gasteiger partial charge on any atom is -0.496 e. The van der Waals surface area contributed by atoms with Gasteiger partial charge in [0.25, 0.3) is 0 Å². The maximum Gasteiger partial charge on any atom is 0.352 e. The van der Waals surface area contributed by atoms with Gasteiger partial charge < -0.3 is 19.1 Å². The molecule has 1 aliphatic heterocycles. The number of thiophene rings is 1. The number of hydrogen-bond donors (Lipinski definition) is 1. The summed E-state index contributed by atoms with van der Waals surface area (Å²) in [5, 5.41) is 11.6. The van der Waals surface area contributed by atoms with Gasteiger partial charge >= 0.3 is 11.9 Å². The van der Waals surface area contributed by atoms with E-state index in [1.54, 1.807) is 30.4 Å². The van der Waals surface area contributed by atoms with Gasteiger partial charge in [-0.25, -0.2) is 9.59 Å². The summed E-state index contributed by atoms with van der Waals surface area (Å²) >= 11 is 1.55. The SMILES string of the molecule is CCOC(=O)c1cc2c(cc1OC)CCn1c(C(=O)O)cc(-c3cccs3)c1-2. The molecule has 0 saturated carbocycles. The van der Waals surface area contributed by atoms with E-state index in [9.17, 15) is 14.7 Å². The zero-order chi connectivity index (χ0) is 19.8. The zero-order valence-electron chi connectivity index (χ0n) is 15.5. The van der Waals surface area contributed by atoms with E-state index in [0.717, 1.165) is 27.3 Å². The molecule has 0 bridgehead atoms. The molecule has 6 nitrogen and oxygen atoms in total. The van der Waals surface area contributed by atoms with E-state index in [-0.39, 0.29) is 12.3 Å². The lowest BCUT2D eigenvalue weighted by atomic mass is 9.93. The van der Waals surface area contributed by atoms with Crippen molar-refractivity contribution in [3.8, 4) is 27.4 Å². The number of esters is 1. The Labute approximate surface area is 165 Å². The smallest absolute Gasteiger partial charge is 0.352 e. The number of aromatic nitrogens is 1. The average Bonchev–Trinajstić information content (AvgIpc) is 3.34. The number of hydrogen-bond acceptors (Lipinski definition) is 5. The van der Waals surface area contributed by atoms with Crippen LogP contribution in [0.15, 0.2) is 35.7 Å². The summed E-state index contributed by atoms with van der Waals surface area (Å²) in [7, 11) is 1.52. The first-order valence-corrected chi connectivity index (χ1v) is 9.82. The largest absolute Gasteiger partial charge is 0.496 e. The van der Waals surface area contributed by atoms with Crippen molar-refractivity contribution in [2.24, 2.45) is 0 Å². The van der Waals surface area contributed by atoms with Gasteiger partial charge in [-0.05, 0) is 48.6 Å². The molecule has 0 fully saturated rings. The Kier molecular flexibility index (Phi) is 4.68. The first kappa shape index (κ1) is 18.3. The minimum atomic E-state index is -0.966. The van der Waals surface area contributed by atoms with Crippen molar-refractivity contribution in [2.45, 2.75) is 19.9 Å². The number of methoxy groups -OCH3 is 1. The second-order valence-electron chi connectivity index (χ2n) is 6.41. The quantitative estimate of drug-likeness (QED) is 0.649. The molecule has 3 heterocycles. The Morgan fingerprint density at radius 3 is 2.71 bits per heavy atom. The Hall–Kier alpha value is -3.06. The van der Waals surface area contributed by atoms with Crippen molar-refractivity contribution in [3.05, 3.63) is 52.5 Å². The van der Waals surface area contributed by atoms with E-state index in [2.05, 4.69) is 0 Å². The lowest BCUT2D eigenvalue weighted by Gasteiger charge is -2.23. The summed E-state index contributed by atoms with van der Waals surface area (Å²) in [4.78, 5) is 25.2. The topological polar surface area (TPSA) is 77.8 Å². The van der Waals surface area contributed by atoms with Crippen LogP contribution in [-0.4, -0.2) is 35.3 Å². The van der Waals surface area contributed by atoms with Crippen LogP contribution in [0.5, 0.6) is 5.75 Å². The molecule has 7 heteroatoms. The summed E-state index contributed by atoms with van der Waals surface area (Å²) in [5.41, 5.74) is 4.11. The first-order valence-electron chi connectivity index (χ1n) is 8.94. The van der Waals surface area contributed by atoms with Crippen LogP contribution in [0.1, 0.15) is 33.3 Å². The summed E-state index contributed by atoms with van der Waals surface area (Å²) in [5.74, 6) is -0.957. The summed E-state index contributed by atoms with van der Waals surface area (Å²) in [6.45, 7) is 2.57. The number of rotatable bonds is 5. The highest BCUT2D eigenvalue weighted by Crippen LogP contribution is 2.43. The van der Waals surface area contributed by atoms with Crippen molar-refractivity contribution < 1.29 is 24.2 Å². The number of carbonyl (C=O) groups is 2. The second-order valence-corrected chi connectivity index (χ2v) is 7.35. The third kappa shape index (κ3) is 2.88. The number of aryl methyl sites for hydroxylation is 1. The van der Waals surface area contributed by atoms with Crippen LogP contribution in [0.3, 0.4) is 0 Å². The van der Waals surface area contributed by atoms with Crippen molar-refractivity contribution in [1.29, 1.82) is 0 Å². The van der Waals surface area contributed by atoms with Gasteiger partial charge in [-0.2, -0.15) is 0 Å². The maximum absolute atomic E-state index is 12.4. The molecule has 0 unspecified atom stereocenters. The van der Waals surface area contributed by atoms with Crippen LogP contribution < -0.4 is 4.74 Å². The maximum atomic E-state index is 12.4. The molecular weight excluding hydrogens is 378 g/mol. The Morgan fingerprint density at radius 2 is 2.07 bits per heavy atom. The number of aromatic carboxylic acids is 1. The lowest BCUT2D eigenvalue weighted by molar-refractivity contribution is 0.0522. The predicted molar refractivity (Wildman–Crippen MR) is 106 cm³/mol.